The monoisotopic (exact) mass is 235 g/mol. The Labute approximate surface area is 101 Å². The number of hydrogen-bond donors (Lipinski definition) is 0. The maximum absolute atomic E-state index is 13.9. The third-order valence-corrected chi connectivity index (χ3v) is 3.35. The summed E-state index contributed by atoms with van der Waals surface area (Å²) in [6, 6.07) is 4.78. The second-order valence-electron chi connectivity index (χ2n) is 4.92. The maximum Gasteiger partial charge on any atom is 0.159 e. The molecule has 1 heterocycles. The fraction of sp³-hybridized carbons (Fsp3) is 0.500. The van der Waals surface area contributed by atoms with Crippen LogP contribution in [0.5, 0.6) is 0 Å². The van der Waals surface area contributed by atoms with Gasteiger partial charge in [-0.2, -0.15) is 0 Å². The van der Waals surface area contributed by atoms with Crippen LogP contribution in [0.25, 0.3) is 0 Å². The van der Waals surface area contributed by atoms with Crippen LogP contribution in [0, 0.1) is 11.7 Å². The van der Waals surface area contributed by atoms with Crippen LogP contribution in [0.15, 0.2) is 18.2 Å². The molecule has 3 heteroatoms. The summed E-state index contributed by atoms with van der Waals surface area (Å²) in [5.74, 6) is 0.227. The van der Waals surface area contributed by atoms with E-state index in [1.54, 1.807) is 12.1 Å². The lowest BCUT2D eigenvalue weighted by atomic mass is 9.99. The summed E-state index contributed by atoms with van der Waals surface area (Å²) in [5, 5.41) is 0. The first kappa shape index (κ1) is 12.1. The molecule has 1 saturated heterocycles. The van der Waals surface area contributed by atoms with Crippen LogP contribution >= 0.6 is 0 Å². The topological polar surface area (TPSA) is 20.3 Å². The first-order valence-corrected chi connectivity index (χ1v) is 6.13. The van der Waals surface area contributed by atoms with Gasteiger partial charge < -0.3 is 4.90 Å². The Morgan fingerprint density at radius 2 is 2.24 bits per heavy atom. The van der Waals surface area contributed by atoms with Crippen molar-refractivity contribution >= 4 is 11.5 Å². The standard InChI is InChI=1S/C14H18FNO/c1-10-4-3-7-16(9-10)14-6-5-12(11(2)17)8-13(14)15/h5-6,8,10H,3-4,7,9H2,1-2H3/t10-/m1/s1. The SMILES string of the molecule is CC(=O)c1ccc(N2CCC[C@@H](C)C2)c(F)c1. The molecule has 0 N–H and O–H groups in total. The lowest BCUT2D eigenvalue weighted by Crippen LogP contribution is -2.34. The molecule has 2 nitrogen and oxygen atoms in total. The quantitative estimate of drug-likeness (QED) is 0.733. The highest BCUT2D eigenvalue weighted by molar-refractivity contribution is 5.94. The molecule has 1 aromatic rings. The molecule has 0 aliphatic carbocycles. The van der Waals surface area contributed by atoms with E-state index in [1.807, 2.05) is 0 Å². The van der Waals surface area contributed by atoms with Crippen molar-refractivity contribution < 1.29 is 9.18 Å². The summed E-state index contributed by atoms with van der Waals surface area (Å²) >= 11 is 0. The molecular formula is C14H18FNO. The van der Waals surface area contributed by atoms with E-state index in [9.17, 15) is 9.18 Å². The van der Waals surface area contributed by atoms with E-state index in [4.69, 9.17) is 0 Å². The molecule has 1 atom stereocenters. The number of ketones is 1. The van der Waals surface area contributed by atoms with Crippen molar-refractivity contribution in [3.8, 4) is 0 Å². The second-order valence-corrected chi connectivity index (χ2v) is 4.92. The van der Waals surface area contributed by atoms with Gasteiger partial charge in [-0.05, 0) is 43.9 Å². The van der Waals surface area contributed by atoms with Crippen molar-refractivity contribution in [1.82, 2.24) is 0 Å². The minimum Gasteiger partial charge on any atom is -0.369 e. The summed E-state index contributed by atoms with van der Waals surface area (Å²) in [5.41, 5.74) is 1.07. The lowest BCUT2D eigenvalue weighted by molar-refractivity contribution is 0.101. The minimum absolute atomic E-state index is 0.0949. The number of halogens is 1. The van der Waals surface area contributed by atoms with E-state index in [-0.39, 0.29) is 11.6 Å². The van der Waals surface area contributed by atoms with Crippen LogP contribution in [0.4, 0.5) is 10.1 Å². The van der Waals surface area contributed by atoms with Gasteiger partial charge in [0.05, 0.1) is 5.69 Å². The largest absolute Gasteiger partial charge is 0.369 e. The van der Waals surface area contributed by atoms with Gasteiger partial charge in [0.25, 0.3) is 0 Å². The second kappa shape index (κ2) is 4.86. The number of carbonyl (C=O) groups is 1. The molecule has 0 spiro atoms. The van der Waals surface area contributed by atoms with E-state index in [0.29, 0.717) is 17.2 Å². The Hall–Kier alpha value is -1.38. The molecule has 17 heavy (non-hydrogen) atoms. The van der Waals surface area contributed by atoms with Crippen LogP contribution in [-0.4, -0.2) is 18.9 Å². The smallest absolute Gasteiger partial charge is 0.159 e. The molecule has 2 rings (SSSR count). The molecule has 0 bridgehead atoms. The number of anilines is 1. The highest BCUT2D eigenvalue weighted by Gasteiger charge is 2.19. The zero-order valence-corrected chi connectivity index (χ0v) is 10.4. The van der Waals surface area contributed by atoms with Gasteiger partial charge in [-0.25, -0.2) is 4.39 Å². The summed E-state index contributed by atoms with van der Waals surface area (Å²) in [6.45, 7) is 5.45. The van der Waals surface area contributed by atoms with Crippen LogP contribution in [0.1, 0.15) is 37.0 Å². The number of piperidine rings is 1. The Morgan fingerprint density at radius 1 is 1.47 bits per heavy atom. The molecule has 0 unspecified atom stereocenters. The van der Waals surface area contributed by atoms with Crippen molar-refractivity contribution in [2.24, 2.45) is 5.92 Å². The number of hydrogen-bond acceptors (Lipinski definition) is 2. The van der Waals surface area contributed by atoms with Gasteiger partial charge in [0.2, 0.25) is 0 Å². The summed E-state index contributed by atoms with van der Waals surface area (Å²) in [7, 11) is 0. The molecule has 0 aromatic heterocycles. The van der Waals surface area contributed by atoms with E-state index in [0.717, 1.165) is 19.5 Å². The van der Waals surface area contributed by atoms with Gasteiger partial charge in [0, 0.05) is 18.7 Å². The maximum atomic E-state index is 13.9. The van der Waals surface area contributed by atoms with E-state index < -0.39 is 0 Å². The molecule has 1 aliphatic heterocycles. The minimum atomic E-state index is -0.285. The van der Waals surface area contributed by atoms with Crippen LogP contribution in [-0.2, 0) is 0 Å². The highest BCUT2D eigenvalue weighted by atomic mass is 19.1. The number of carbonyl (C=O) groups excluding carboxylic acids is 1. The predicted molar refractivity (Wildman–Crippen MR) is 67.0 cm³/mol. The Bertz CT molecular complexity index is 430. The normalized spacial score (nSPS) is 20.4. The van der Waals surface area contributed by atoms with E-state index in [1.165, 1.54) is 19.4 Å². The average molecular weight is 235 g/mol. The van der Waals surface area contributed by atoms with Crippen LogP contribution in [0.3, 0.4) is 0 Å². The van der Waals surface area contributed by atoms with Crippen molar-refractivity contribution in [3.05, 3.63) is 29.6 Å². The Kier molecular flexibility index (Phi) is 3.46. The predicted octanol–water partition coefficient (Wildman–Crippen LogP) is 3.26. The van der Waals surface area contributed by atoms with Crippen molar-refractivity contribution in [1.29, 1.82) is 0 Å². The van der Waals surface area contributed by atoms with Gasteiger partial charge in [-0.15, -0.1) is 0 Å². The molecule has 0 radical (unpaired) electrons. The molecule has 0 amide bonds. The molecule has 1 aliphatic rings. The van der Waals surface area contributed by atoms with Gasteiger partial charge >= 0.3 is 0 Å². The highest BCUT2D eigenvalue weighted by Crippen LogP contribution is 2.26. The molecule has 1 fully saturated rings. The molecule has 92 valence electrons. The number of rotatable bonds is 2. The van der Waals surface area contributed by atoms with Crippen LogP contribution in [0.2, 0.25) is 0 Å². The van der Waals surface area contributed by atoms with Gasteiger partial charge in [-0.3, -0.25) is 4.79 Å². The van der Waals surface area contributed by atoms with E-state index in [2.05, 4.69) is 11.8 Å². The van der Waals surface area contributed by atoms with E-state index >= 15 is 0 Å². The Balaban J connectivity index is 2.23. The zero-order chi connectivity index (χ0) is 12.4. The zero-order valence-electron chi connectivity index (χ0n) is 10.4. The third-order valence-electron chi connectivity index (χ3n) is 3.35. The number of Topliss-reactive ketones (excluding diaryl/α,β-unsaturated/α-hetero) is 1. The fourth-order valence-corrected chi connectivity index (χ4v) is 2.39. The third kappa shape index (κ3) is 2.65. The summed E-state index contributed by atoms with van der Waals surface area (Å²) < 4.78 is 13.9. The summed E-state index contributed by atoms with van der Waals surface area (Å²) in [6.07, 6.45) is 2.32. The summed E-state index contributed by atoms with van der Waals surface area (Å²) in [4.78, 5) is 13.2. The first-order chi connectivity index (χ1) is 8.08. The van der Waals surface area contributed by atoms with Crippen molar-refractivity contribution in [3.63, 3.8) is 0 Å². The van der Waals surface area contributed by atoms with Gasteiger partial charge in [0.15, 0.2) is 5.78 Å². The van der Waals surface area contributed by atoms with Crippen molar-refractivity contribution in [2.45, 2.75) is 26.7 Å². The molecular weight excluding hydrogens is 217 g/mol. The fourth-order valence-electron chi connectivity index (χ4n) is 2.39. The van der Waals surface area contributed by atoms with Crippen molar-refractivity contribution in [2.75, 3.05) is 18.0 Å². The lowest BCUT2D eigenvalue weighted by Gasteiger charge is -2.33. The van der Waals surface area contributed by atoms with Gasteiger partial charge in [0.1, 0.15) is 5.82 Å². The molecule has 1 aromatic carbocycles. The first-order valence-electron chi connectivity index (χ1n) is 6.13. The molecule has 0 saturated carbocycles. The number of benzene rings is 1. The van der Waals surface area contributed by atoms with Gasteiger partial charge in [-0.1, -0.05) is 6.92 Å². The van der Waals surface area contributed by atoms with Crippen LogP contribution < -0.4 is 4.90 Å². The average Bonchev–Trinajstić information content (AvgIpc) is 2.28. The number of nitrogens with zero attached hydrogens (tertiary/aromatic N) is 1. The Morgan fingerprint density at radius 3 is 2.82 bits per heavy atom.